The predicted molar refractivity (Wildman–Crippen MR) is 89.6 cm³/mol. The van der Waals surface area contributed by atoms with Crippen LogP contribution in [0.2, 0.25) is 0 Å². The summed E-state index contributed by atoms with van der Waals surface area (Å²) in [4.78, 5) is 19.3. The van der Waals surface area contributed by atoms with E-state index < -0.39 is 24.7 Å². The van der Waals surface area contributed by atoms with Crippen LogP contribution >= 0.6 is 15.9 Å². The summed E-state index contributed by atoms with van der Waals surface area (Å²) < 4.78 is 66.2. The number of methoxy groups -OCH3 is 1. The van der Waals surface area contributed by atoms with Gasteiger partial charge in [-0.3, -0.25) is 4.79 Å². The number of carbonyl (C=O) groups is 2. The molecule has 0 aromatic heterocycles. The fourth-order valence-electron chi connectivity index (χ4n) is 1.68. The van der Waals surface area contributed by atoms with Crippen molar-refractivity contribution in [1.82, 2.24) is 5.32 Å². The second-order valence-electron chi connectivity index (χ2n) is 4.96. The summed E-state index contributed by atoms with van der Waals surface area (Å²) in [6.07, 6.45) is -4.47. The summed E-state index contributed by atoms with van der Waals surface area (Å²) in [6, 6.07) is 3.23. The first-order valence-corrected chi connectivity index (χ1v) is 8.21. The lowest BCUT2D eigenvalue weighted by atomic mass is 10.2. The fourth-order valence-corrected chi connectivity index (χ4v) is 2.26. The van der Waals surface area contributed by atoms with Crippen molar-refractivity contribution in [3.63, 3.8) is 0 Å². The molecule has 28 heavy (non-hydrogen) atoms. The molecule has 0 atom stereocenters. The molecule has 0 heterocycles. The number of ether oxygens (including phenoxy) is 2. The van der Waals surface area contributed by atoms with Gasteiger partial charge in [0.1, 0.15) is 0 Å². The fraction of sp³-hybridized carbons (Fsp3) is 0.467. The SMILES string of the molecule is COc1cc(CNCCCC(=O)O)cc(Br)c1OC(F)F.O=C(O)C(F)(F)F. The number of alkyl halides is 5. The first-order valence-electron chi connectivity index (χ1n) is 7.42. The molecular weight excluding hydrogens is 465 g/mol. The van der Waals surface area contributed by atoms with Crippen LogP contribution in [0, 0.1) is 0 Å². The largest absolute Gasteiger partial charge is 0.493 e. The van der Waals surface area contributed by atoms with Gasteiger partial charge in [0.05, 0.1) is 11.6 Å². The third kappa shape index (κ3) is 10.9. The molecule has 0 spiro atoms. The summed E-state index contributed by atoms with van der Waals surface area (Å²) in [5, 5.41) is 18.7. The molecule has 3 N–H and O–H groups in total. The summed E-state index contributed by atoms with van der Waals surface area (Å²) in [5.41, 5.74) is 0.802. The number of hydrogen-bond acceptors (Lipinski definition) is 5. The monoisotopic (exact) mass is 481 g/mol. The van der Waals surface area contributed by atoms with Crippen LogP contribution in [0.1, 0.15) is 18.4 Å². The molecule has 7 nitrogen and oxygen atoms in total. The molecule has 0 aliphatic carbocycles. The van der Waals surface area contributed by atoms with Gasteiger partial charge < -0.3 is 25.0 Å². The average molecular weight is 482 g/mol. The number of halogens is 6. The van der Waals surface area contributed by atoms with E-state index in [0.29, 0.717) is 24.0 Å². The van der Waals surface area contributed by atoms with Crippen molar-refractivity contribution < 1.29 is 51.2 Å². The molecule has 0 fully saturated rings. The first kappa shape index (κ1) is 25.9. The minimum absolute atomic E-state index is 0.0536. The predicted octanol–water partition coefficient (Wildman–Crippen LogP) is 3.65. The molecule has 0 saturated heterocycles. The van der Waals surface area contributed by atoms with Crippen LogP contribution in [0.5, 0.6) is 11.5 Å². The highest BCUT2D eigenvalue weighted by Crippen LogP contribution is 2.37. The summed E-state index contributed by atoms with van der Waals surface area (Å²) in [5.74, 6) is -3.45. The van der Waals surface area contributed by atoms with E-state index in [-0.39, 0.29) is 17.9 Å². The van der Waals surface area contributed by atoms with Crippen molar-refractivity contribution >= 4 is 27.9 Å². The Balaban J connectivity index is 0.000000887. The number of carboxylic acid groups (broad SMARTS) is 2. The highest BCUT2D eigenvalue weighted by Gasteiger charge is 2.38. The molecule has 0 bridgehead atoms. The number of rotatable bonds is 9. The molecule has 1 rings (SSSR count). The highest BCUT2D eigenvalue weighted by atomic mass is 79.9. The van der Waals surface area contributed by atoms with Crippen molar-refractivity contribution in [2.45, 2.75) is 32.2 Å². The van der Waals surface area contributed by atoms with Crippen molar-refractivity contribution in [3.8, 4) is 11.5 Å². The number of nitrogens with one attached hydrogen (secondary N) is 1. The Morgan fingerprint density at radius 1 is 1.25 bits per heavy atom. The standard InChI is InChI=1S/C13H16BrF2NO4.C2HF3O2/c1-20-10-6-8(7-17-4-2-3-11(18)19)5-9(14)12(10)21-13(15)16;3-2(4,5)1(6)7/h5-6,13,17H,2-4,7H2,1H3,(H,18,19);(H,6,7). The number of benzene rings is 1. The zero-order chi connectivity index (χ0) is 21.9. The van der Waals surface area contributed by atoms with E-state index in [1.165, 1.54) is 7.11 Å². The Morgan fingerprint density at radius 2 is 1.82 bits per heavy atom. The maximum atomic E-state index is 12.3. The van der Waals surface area contributed by atoms with Gasteiger partial charge in [-0.05, 0) is 46.6 Å². The topological polar surface area (TPSA) is 105 Å². The van der Waals surface area contributed by atoms with E-state index in [1.54, 1.807) is 12.1 Å². The van der Waals surface area contributed by atoms with Crippen LogP contribution in [0.4, 0.5) is 22.0 Å². The normalized spacial score (nSPS) is 10.9. The molecule has 160 valence electrons. The van der Waals surface area contributed by atoms with Gasteiger partial charge in [-0.25, -0.2) is 4.79 Å². The zero-order valence-electron chi connectivity index (χ0n) is 14.4. The number of aliphatic carboxylic acids is 2. The summed E-state index contributed by atoms with van der Waals surface area (Å²) in [7, 11) is 1.37. The molecule has 0 saturated carbocycles. The van der Waals surface area contributed by atoms with Crippen molar-refractivity contribution in [2.75, 3.05) is 13.7 Å². The number of carboxylic acids is 2. The zero-order valence-corrected chi connectivity index (χ0v) is 15.9. The van der Waals surface area contributed by atoms with Gasteiger partial charge in [0.2, 0.25) is 0 Å². The maximum absolute atomic E-state index is 12.3. The molecular formula is C15H17BrF5NO6. The molecule has 0 unspecified atom stereocenters. The molecule has 13 heteroatoms. The summed E-state index contributed by atoms with van der Waals surface area (Å²) in [6.45, 7) is -1.93. The van der Waals surface area contributed by atoms with E-state index in [2.05, 4.69) is 26.0 Å². The van der Waals surface area contributed by atoms with Gasteiger partial charge in [0.25, 0.3) is 0 Å². The van der Waals surface area contributed by atoms with Crippen molar-refractivity contribution in [2.24, 2.45) is 0 Å². The highest BCUT2D eigenvalue weighted by molar-refractivity contribution is 9.10. The van der Waals surface area contributed by atoms with Crippen LogP contribution in [0.15, 0.2) is 16.6 Å². The Labute approximate surface area is 164 Å². The van der Waals surface area contributed by atoms with Gasteiger partial charge in [0, 0.05) is 13.0 Å². The lowest BCUT2D eigenvalue weighted by molar-refractivity contribution is -0.192. The van der Waals surface area contributed by atoms with E-state index >= 15 is 0 Å². The Kier molecular flexibility index (Phi) is 11.4. The van der Waals surface area contributed by atoms with Crippen LogP contribution in [0.3, 0.4) is 0 Å². The Bertz CT molecular complexity index is 657. The average Bonchev–Trinajstić information content (AvgIpc) is 2.55. The molecule has 0 radical (unpaired) electrons. The third-order valence-corrected chi connectivity index (χ3v) is 3.40. The maximum Gasteiger partial charge on any atom is 0.490 e. The Hall–Kier alpha value is -2.15. The number of hydrogen-bond donors (Lipinski definition) is 3. The molecule has 0 aliphatic heterocycles. The van der Waals surface area contributed by atoms with E-state index in [1.807, 2.05) is 0 Å². The first-order chi connectivity index (χ1) is 12.9. The molecule has 0 aliphatic rings. The van der Waals surface area contributed by atoms with Gasteiger partial charge in [0.15, 0.2) is 11.5 Å². The minimum atomic E-state index is -5.08. The van der Waals surface area contributed by atoms with Crippen LogP contribution in [-0.4, -0.2) is 48.6 Å². The van der Waals surface area contributed by atoms with Crippen LogP contribution in [-0.2, 0) is 16.1 Å². The quantitative estimate of drug-likeness (QED) is 0.365. The van der Waals surface area contributed by atoms with Gasteiger partial charge in [-0.2, -0.15) is 22.0 Å². The van der Waals surface area contributed by atoms with Crippen molar-refractivity contribution in [3.05, 3.63) is 22.2 Å². The summed E-state index contributed by atoms with van der Waals surface area (Å²) >= 11 is 3.17. The van der Waals surface area contributed by atoms with Crippen LogP contribution < -0.4 is 14.8 Å². The second-order valence-corrected chi connectivity index (χ2v) is 5.82. The minimum Gasteiger partial charge on any atom is -0.493 e. The Morgan fingerprint density at radius 3 is 2.25 bits per heavy atom. The van der Waals surface area contributed by atoms with Gasteiger partial charge in [-0.15, -0.1) is 0 Å². The third-order valence-electron chi connectivity index (χ3n) is 2.81. The molecule has 0 amide bonds. The van der Waals surface area contributed by atoms with Gasteiger partial charge in [-0.1, -0.05) is 0 Å². The lowest BCUT2D eigenvalue weighted by Crippen LogP contribution is -2.21. The van der Waals surface area contributed by atoms with E-state index in [4.69, 9.17) is 19.7 Å². The smallest absolute Gasteiger partial charge is 0.490 e. The second kappa shape index (κ2) is 12.3. The van der Waals surface area contributed by atoms with Crippen molar-refractivity contribution in [1.29, 1.82) is 0 Å². The lowest BCUT2D eigenvalue weighted by Gasteiger charge is -2.14. The van der Waals surface area contributed by atoms with E-state index in [9.17, 15) is 26.7 Å². The molecule has 1 aromatic rings. The molecule has 1 aromatic carbocycles. The van der Waals surface area contributed by atoms with E-state index in [0.717, 1.165) is 5.56 Å². The van der Waals surface area contributed by atoms with Crippen LogP contribution in [0.25, 0.3) is 0 Å². The van der Waals surface area contributed by atoms with Gasteiger partial charge >= 0.3 is 24.7 Å².